The average Bonchev–Trinajstić information content (AvgIpc) is 3.35. The van der Waals surface area contributed by atoms with Crippen molar-refractivity contribution in [3.63, 3.8) is 0 Å². The molecule has 0 radical (unpaired) electrons. The van der Waals surface area contributed by atoms with Gasteiger partial charge in [0, 0.05) is 28.2 Å². The molecule has 11 heteroatoms. The third-order valence-electron chi connectivity index (χ3n) is 7.73. The first kappa shape index (κ1) is 29.0. The van der Waals surface area contributed by atoms with Gasteiger partial charge < -0.3 is 21.7 Å². The molecule has 0 aliphatic carbocycles. The Bertz CT molecular complexity index is 1590. The Morgan fingerprint density at radius 2 is 1.80 bits per heavy atom. The number of rotatable bonds is 5. The molecule has 7 nitrogen and oxygen atoms in total. The molecule has 0 saturated carbocycles. The van der Waals surface area contributed by atoms with Crippen LogP contribution in [0.15, 0.2) is 54.6 Å². The van der Waals surface area contributed by atoms with Crippen LogP contribution >= 0.6 is 23.2 Å². The summed E-state index contributed by atoms with van der Waals surface area (Å²) in [6, 6.07) is 11.0. The Morgan fingerprint density at radius 1 is 1.07 bits per heavy atom. The van der Waals surface area contributed by atoms with Crippen molar-refractivity contribution in [1.29, 1.82) is 0 Å². The van der Waals surface area contributed by atoms with Crippen LogP contribution in [0.25, 0.3) is 0 Å². The Balaban J connectivity index is 1.70. The summed E-state index contributed by atoms with van der Waals surface area (Å²) >= 11 is 12.5. The van der Waals surface area contributed by atoms with Crippen LogP contribution in [0.3, 0.4) is 0 Å². The number of hydrogen-bond donors (Lipinski definition) is 4. The molecule has 2 heterocycles. The summed E-state index contributed by atoms with van der Waals surface area (Å²) in [6.45, 7) is 5.99. The highest BCUT2D eigenvalue weighted by atomic mass is 35.5. The van der Waals surface area contributed by atoms with E-state index < -0.39 is 52.8 Å². The number of nitrogens with one attached hydrogen (secondary N) is 3. The van der Waals surface area contributed by atoms with E-state index in [1.165, 1.54) is 24.3 Å². The van der Waals surface area contributed by atoms with E-state index in [0.717, 1.165) is 6.07 Å². The molecule has 1 unspecified atom stereocenters. The fourth-order valence-corrected chi connectivity index (χ4v) is 6.49. The van der Waals surface area contributed by atoms with Gasteiger partial charge in [0.15, 0.2) is 0 Å². The van der Waals surface area contributed by atoms with Crippen LogP contribution in [0, 0.1) is 17.0 Å². The summed E-state index contributed by atoms with van der Waals surface area (Å²) in [7, 11) is 0. The van der Waals surface area contributed by atoms with Crippen molar-refractivity contribution in [3.05, 3.63) is 93.0 Å². The van der Waals surface area contributed by atoms with Gasteiger partial charge in [-0.3, -0.25) is 14.4 Å². The third kappa shape index (κ3) is 4.96. The van der Waals surface area contributed by atoms with E-state index in [4.69, 9.17) is 28.9 Å². The molecule has 3 aromatic rings. The summed E-state index contributed by atoms with van der Waals surface area (Å²) in [5.41, 5.74) is 4.28. The summed E-state index contributed by atoms with van der Waals surface area (Å²) in [6.07, 6.45) is 0.423. The molecule has 1 spiro atoms. The maximum absolute atomic E-state index is 15.8. The van der Waals surface area contributed by atoms with Crippen molar-refractivity contribution in [2.75, 3.05) is 10.6 Å². The second-order valence-corrected chi connectivity index (χ2v) is 12.5. The van der Waals surface area contributed by atoms with Gasteiger partial charge in [-0.25, -0.2) is 8.78 Å². The minimum atomic E-state index is -1.45. The highest BCUT2D eigenvalue weighted by Gasteiger charge is 2.66. The summed E-state index contributed by atoms with van der Waals surface area (Å²) in [5.74, 6) is -4.68. The highest BCUT2D eigenvalue weighted by molar-refractivity contribution is 6.31. The van der Waals surface area contributed by atoms with Crippen molar-refractivity contribution in [2.45, 2.75) is 50.6 Å². The van der Waals surface area contributed by atoms with Crippen molar-refractivity contribution >= 4 is 52.3 Å². The molecule has 1 saturated heterocycles. The lowest BCUT2D eigenvalue weighted by Crippen LogP contribution is -2.49. The Kier molecular flexibility index (Phi) is 7.34. The first-order valence-electron chi connectivity index (χ1n) is 13.0. The van der Waals surface area contributed by atoms with Crippen LogP contribution in [0.4, 0.5) is 20.2 Å². The largest absolute Gasteiger partial charge is 0.366 e. The normalized spacial score (nSPS) is 23.4. The zero-order valence-electron chi connectivity index (χ0n) is 22.4. The number of halogens is 4. The molecule has 214 valence electrons. The van der Waals surface area contributed by atoms with Crippen molar-refractivity contribution in [2.24, 2.45) is 11.1 Å². The van der Waals surface area contributed by atoms with Gasteiger partial charge in [0.2, 0.25) is 17.7 Å². The van der Waals surface area contributed by atoms with Gasteiger partial charge in [0.05, 0.1) is 16.8 Å². The first-order valence-corrected chi connectivity index (χ1v) is 13.7. The Hall–Kier alpha value is -3.53. The molecule has 5 N–H and O–H groups in total. The topological polar surface area (TPSA) is 113 Å². The zero-order chi connectivity index (χ0) is 29.9. The minimum absolute atomic E-state index is 0.0593. The number of hydrogen-bond acceptors (Lipinski definition) is 4. The molecular weight excluding hydrogens is 573 g/mol. The predicted octanol–water partition coefficient (Wildman–Crippen LogP) is 5.76. The molecule has 3 amide bonds. The number of carbonyl (C=O) groups excluding carboxylic acids is 3. The molecule has 4 atom stereocenters. The third-order valence-corrected chi connectivity index (χ3v) is 8.26. The maximum Gasteiger partial charge on any atom is 0.248 e. The molecule has 5 rings (SSSR count). The molecule has 2 aliphatic heterocycles. The number of anilines is 2. The van der Waals surface area contributed by atoms with Crippen LogP contribution in [-0.4, -0.2) is 29.8 Å². The number of nitrogens with two attached hydrogens (primary N) is 1. The number of amides is 3. The maximum atomic E-state index is 15.8. The molecular formula is C30H28Cl2F2N4O3. The summed E-state index contributed by atoms with van der Waals surface area (Å²) in [4.78, 5) is 39.6. The second-order valence-electron chi connectivity index (χ2n) is 11.6. The molecule has 41 heavy (non-hydrogen) atoms. The van der Waals surface area contributed by atoms with Gasteiger partial charge in [0.1, 0.15) is 17.0 Å². The van der Waals surface area contributed by atoms with E-state index in [-0.39, 0.29) is 27.3 Å². The fourth-order valence-electron chi connectivity index (χ4n) is 6.13. The number of fused-ring (bicyclic) bond motifs is 2. The quantitative estimate of drug-likeness (QED) is 0.298. The van der Waals surface area contributed by atoms with Gasteiger partial charge in [-0.1, -0.05) is 62.2 Å². The van der Waals surface area contributed by atoms with Gasteiger partial charge in [-0.05, 0) is 59.4 Å². The van der Waals surface area contributed by atoms with E-state index in [0.29, 0.717) is 22.7 Å². The monoisotopic (exact) mass is 600 g/mol. The van der Waals surface area contributed by atoms with Crippen molar-refractivity contribution in [1.82, 2.24) is 5.32 Å². The van der Waals surface area contributed by atoms with Crippen LogP contribution in [0.5, 0.6) is 0 Å². The Morgan fingerprint density at radius 3 is 2.46 bits per heavy atom. The molecule has 0 bridgehead atoms. The van der Waals surface area contributed by atoms with E-state index in [2.05, 4.69) is 16.0 Å². The van der Waals surface area contributed by atoms with E-state index in [1.54, 1.807) is 24.3 Å². The van der Waals surface area contributed by atoms with Gasteiger partial charge in [-0.15, -0.1) is 0 Å². The van der Waals surface area contributed by atoms with Crippen molar-refractivity contribution in [3.8, 4) is 0 Å². The number of primary amides is 1. The lowest BCUT2D eigenvalue weighted by atomic mass is 9.62. The minimum Gasteiger partial charge on any atom is -0.366 e. The lowest BCUT2D eigenvalue weighted by Gasteiger charge is -2.37. The van der Waals surface area contributed by atoms with Crippen LogP contribution < -0.4 is 21.7 Å². The number of benzene rings is 3. The summed E-state index contributed by atoms with van der Waals surface area (Å²) < 4.78 is 30.7. The van der Waals surface area contributed by atoms with Gasteiger partial charge in [0.25, 0.3) is 0 Å². The van der Waals surface area contributed by atoms with Crippen LogP contribution in [0.2, 0.25) is 10.0 Å². The van der Waals surface area contributed by atoms with Crippen molar-refractivity contribution < 1.29 is 23.2 Å². The Labute approximate surface area is 245 Å². The van der Waals surface area contributed by atoms with Gasteiger partial charge >= 0.3 is 0 Å². The standard InChI is InChI=1S/C30H28Cl2F2N4O3/c1-29(2,3)13-22-30(17-9-8-15(31)12-21(17)37-28(30)41)23(16-5-4-6-18(32)24(16)34)25(38-22)27(40)36-20-10-7-14(26(35)39)11-19(20)33/h4-12,22-23,25,38H,13H2,1-3H3,(H2,35,39)(H,36,40)(H,37,41)/t22-,23+,25+,30?/m0/s1. The smallest absolute Gasteiger partial charge is 0.248 e. The molecule has 3 aromatic carbocycles. The van der Waals surface area contributed by atoms with E-state index >= 15 is 4.39 Å². The first-order chi connectivity index (χ1) is 19.2. The second kappa shape index (κ2) is 10.4. The average molecular weight is 601 g/mol. The predicted molar refractivity (Wildman–Crippen MR) is 154 cm³/mol. The van der Waals surface area contributed by atoms with Crippen LogP contribution in [-0.2, 0) is 15.0 Å². The van der Waals surface area contributed by atoms with E-state index in [9.17, 15) is 18.8 Å². The summed E-state index contributed by atoms with van der Waals surface area (Å²) in [5, 5.41) is 9.00. The zero-order valence-corrected chi connectivity index (χ0v) is 24.0. The van der Waals surface area contributed by atoms with Crippen LogP contribution in [0.1, 0.15) is 54.6 Å². The van der Waals surface area contributed by atoms with Gasteiger partial charge in [-0.2, -0.15) is 0 Å². The lowest BCUT2D eigenvalue weighted by molar-refractivity contribution is -0.122. The molecule has 1 fully saturated rings. The van der Waals surface area contributed by atoms with E-state index in [1.807, 2.05) is 20.8 Å². The molecule has 0 aromatic heterocycles. The number of carbonyl (C=O) groups is 3. The SMILES string of the molecule is CC(C)(C)C[C@@H]1N[C@@H](C(=O)Nc2ccc(C(N)=O)cc2F)[C@@H](c2cccc(Cl)c2F)C12C(=O)Nc1cc(Cl)ccc12. The highest BCUT2D eigenvalue weighted by Crippen LogP contribution is 2.57. The molecule has 2 aliphatic rings. The fraction of sp³-hybridized carbons (Fsp3) is 0.300.